The number of ether oxygens (including phenoxy) is 1. The Morgan fingerprint density at radius 2 is 1.83 bits per heavy atom. The third-order valence-corrected chi connectivity index (χ3v) is 5.22. The maximum absolute atomic E-state index is 12.3. The van der Waals surface area contributed by atoms with E-state index in [0.717, 1.165) is 4.31 Å². The maximum Gasteiger partial charge on any atom is 0.330 e. The summed E-state index contributed by atoms with van der Waals surface area (Å²) in [5.41, 5.74) is -1.34. The van der Waals surface area contributed by atoms with E-state index in [0.29, 0.717) is 0 Å². The lowest BCUT2D eigenvalue weighted by Crippen LogP contribution is -2.50. The summed E-state index contributed by atoms with van der Waals surface area (Å²) in [6, 6.07) is 3.79. The average molecular weight is 363 g/mol. The van der Waals surface area contributed by atoms with Gasteiger partial charge in [-0.1, -0.05) is 11.6 Å². The molecule has 1 aromatic carbocycles. The average Bonchev–Trinajstić information content (AvgIpc) is 2.45. The van der Waals surface area contributed by atoms with Gasteiger partial charge < -0.3 is 10.1 Å². The van der Waals surface area contributed by atoms with Crippen LogP contribution in [0.1, 0.15) is 24.2 Å². The van der Waals surface area contributed by atoms with Gasteiger partial charge in [-0.15, -0.1) is 0 Å². The smallest absolute Gasteiger partial charge is 0.330 e. The SMILES string of the molecule is COC(=O)C(C)(C)NC(=O)c1cc(S(=O)(=O)N(C)C)ccc1Cl. The predicted molar refractivity (Wildman–Crippen MR) is 85.9 cm³/mol. The van der Waals surface area contributed by atoms with Gasteiger partial charge in [-0.25, -0.2) is 17.5 Å². The molecule has 0 saturated carbocycles. The number of benzene rings is 1. The van der Waals surface area contributed by atoms with E-state index in [1.54, 1.807) is 0 Å². The molecule has 0 aromatic heterocycles. The Kier molecular flexibility index (Phi) is 5.79. The number of methoxy groups -OCH3 is 1. The molecule has 1 N–H and O–H groups in total. The number of sulfonamides is 1. The van der Waals surface area contributed by atoms with Gasteiger partial charge in [-0.3, -0.25) is 4.79 Å². The summed E-state index contributed by atoms with van der Waals surface area (Å²) in [7, 11) is 0.249. The Morgan fingerprint density at radius 1 is 1.26 bits per heavy atom. The van der Waals surface area contributed by atoms with E-state index in [4.69, 9.17) is 11.6 Å². The highest BCUT2D eigenvalue weighted by Gasteiger charge is 2.32. The van der Waals surface area contributed by atoms with E-state index in [9.17, 15) is 18.0 Å². The number of halogens is 1. The van der Waals surface area contributed by atoms with Crippen LogP contribution in [0.3, 0.4) is 0 Å². The zero-order valence-electron chi connectivity index (χ0n) is 13.5. The van der Waals surface area contributed by atoms with Crippen LogP contribution in [-0.4, -0.2) is 51.3 Å². The zero-order valence-corrected chi connectivity index (χ0v) is 15.1. The number of hydrogen-bond donors (Lipinski definition) is 1. The standard InChI is InChI=1S/C14H19ClN2O5S/c1-14(2,13(19)22-5)16-12(18)10-8-9(6-7-11(10)15)23(20,21)17(3)4/h6-8H,1-5H3,(H,16,18). The van der Waals surface area contributed by atoms with Gasteiger partial charge in [-0.05, 0) is 32.0 Å². The van der Waals surface area contributed by atoms with Crippen molar-refractivity contribution in [2.45, 2.75) is 24.3 Å². The number of hydrogen-bond acceptors (Lipinski definition) is 5. The number of amides is 1. The molecular weight excluding hydrogens is 344 g/mol. The first-order chi connectivity index (χ1) is 10.4. The first-order valence-corrected chi connectivity index (χ1v) is 8.38. The third kappa shape index (κ3) is 4.21. The highest BCUT2D eigenvalue weighted by atomic mass is 35.5. The molecule has 23 heavy (non-hydrogen) atoms. The van der Waals surface area contributed by atoms with Gasteiger partial charge >= 0.3 is 5.97 Å². The second kappa shape index (κ2) is 6.86. The van der Waals surface area contributed by atoms with Gasteiger partial charge in [-0.2, -0.15) is 0 Å². The minimum absolute atomic E-state index is 0.0495. The summed E-state index contributed by atoms with van der Waals surface area (Å²) in [6.45, 7) is 2.93. The van der Waals surface area contributed by atoms with Crippen molar-refractivity contribution in [1.82, 2.24) is 9.62 Å². The number of rotatable bonds is 5. The van der Waals surface area contributed by atoms with Crippen molar-refractivity contribution in [3.63, 3.8) is 0 Å². The summed E-state index contributed by atoms with van der Waals surface area (Å²) < 4.78 is 29.9. The summed E-state index contributed by atoms with van der Waals surface area (Å²) in [5, 5.41) is 2.54. The molecule has 0 bridgehead atoms. The summed E-state index contributed by atoms with van der Waals surface area (Å²) >= 11 is 5.98. The Bertz CT molecular complexity index is 729. The lowest BCUT2D eigenvalue weighted by Gasteiger charge is -2.23. The highest BCUT2D eigenvalue weighted by Crippen LogP contribution is 2.22. The second-order valence-corrected chi connectivity index (χ2v) is 8.06. The van der Waals surface area contributed by atoms with Gasteiger partial charge in [0.15, 0.2) is 0 Å². The number of carbonyl (C=O) groups excluding carboxylic acids is 2. The molecule has 1 rings (SSSR count). The van der Waals surface area contributed by atoms with E-state index in [2.05, 4.69) is 10.1 Å². The fourth-order valence-electron chi connectivity index (χ4n) is 1.71. The monoisotopic (exact) mass is 362 g/mol. The second-order valence-electron chi connectivity index (χ2n) is 5.50. The molecule has 0 aliphatic rings. The Balaban J connectivity index is 3.24. The lowest BCUT2D eigenvalue weighted by molar-refractivity contribution is -0.146. The molecular formula is C14H19ClN2O5S. The molecule has 9 heteroatoms. The van der Waals surface area contributed by atoms with E-state index in [-0.39, 0.29) is 15.5 Å². The number of nitrogens with one attached hydrogen (secondary N) is 1. The van der Waals surface area contributed by atoms with Crippen molar-refractivity contribution in [2.75, 3.05) is 21.2 Å². The number of nitrogens with zero attached hydrogens (tertiary/aromatic N) is 1. The van der Waals surface area contributed by atoms with Crippen molar-refractivity contribution in [2.24, 2.45) is 0 Å². The molecule has 0 fully saturated rings. The summed E-state index contributed by atoms with van der Waals surface area (Å²) in [6.07, 6.45) is 0. The van der Waals surface area contributed by atoms with Crippen molar-refractivity contribution >= 4 is 33.5 Å². The van der Waals surface area contributed by atoms with Gasteiger partial charge in [0.2, 0.25) is 10.0 Å². The minimum Gasteiger partial charge on any atom is -0.467 e. The molecule has 0 aliphatic carbocycles. The van der Waals surface area contributed by atoms with E-state index < -0.39 is 27.4 Å². The molecule has 0 saturated heterocycles. The van der Waals surface area contributed by atoms with Crippen LogP contribution in [0.15, 0.2) is 23.1 Å². The molecule has 0 aliphatic heterocycles. The largest absolute Gasteiger partial charge is 0.467 e. The van der Waals surface area contributed by atoms with E-state index in [1.807, 2.05) is 0 Å². The fourth-order valence-corrected chi connectivity index (χ4v) is 2.84. The first kappa shape index (κ1) is 19.4. The highest BCUT2D eigenvalue weighted by molar-refractivity contribution is 7.89. The Hall–Kier alpha value is -1.64. The van der Waals surface area contributed by atoms with Crippen LogP contribution in [0.25, 0.3) is 0 Å². The topological polar surface area (TPSA) is 92.8 Å². The van der Waals surface area contributed by atoms with E-state index in [1.165, 1.54) is 53.3 Å². The predicted octanol–water partition coefficient (Wildman–Crippen LogP) is 1.27. The lowest BCUT2D eigenvalue weighted by atomic mass is 10.1. The van der Waals surface area contributed by atoms with Crippen LogP contribution in [-0.2, 0) is 19.6 Å². The molecule has 0 spiro atoms. The van der Waals surface area contributed by atoms with Crippen molar-refractivity contribution in [1.29, 1.82) is 0 Å². The summed E-state index contributed by atoms with van der Waals surface area (Å²) in [5.74, 6) is -1.32. The Labute approximate surface area is 140 Å². The minimum atomic E-state index is -3.71. The van der Waals surface area contributed by atoms with E-state index >= 15 is 0 Å². The fraction of sp³-hybridized carbons (Fsp3) is 0.429. The van der Waals surface area contributed by atoms with Crippen LogP contribution in [0.4, 0.5) is 0 Å². The van der Waals surface area contributed by atoms with Gasteiger partial charge in [0.25, 0.3) is 5.91 Å². The van der Waals surface area contributed by atoms with Gasteiger partial charge in [0.1, 0.15) is 5.54 Å². The molecule has 0 heterocycles. The molecule has 0 radical (unpaired) electrons. The molecule has 0 unspecified atom stereocenters. The maximum atomic E-state index is 12.3. The van der Waals surface area contributed by atoms with Crippen LogP contribution >= 0.6 is 11.6 Å². The van der Waals surface area contributed by atoms with Crippen LogP contribution in [0, 0.1) is 0 Å². The Morgan fingerprint density at radius 3 is 2.30 bits per heavy atom. The van der Waals surface area contributed by atoms with Gasteiger partial charge in [0, 0.05) is 14.1 Å². The van der Waals surface area contributed by atoms with Gasteiger partial charge in [0.05, 0.1) is 22.6 Å². The van der Waals surface area contributed by atoms with Crippen molar-refractivity contribution in [3.05, 3.63) is 28.8 Å². The molecule has 1 amide bonds. The van der Waals surface area contributed by atoms with Crippen molar-refractivity contribution < 1.29 is 22.7 Å². The number of carbonyl (C=O) groups is 2. The normalized spacial score (nSPS) is 12.1. The first-order valence-electron chi connectivity index (χ1n) is 6.56. The molecule has 1 aromatic rings. The molecule has 7 nitrogen and oxygen atoms in total. The van der Waals surface area contributed by atoms with Crippen LogP contribution in [0.2, 0.25) is 5.02 Å². The van der Waals surface area contributed by atoms with Crippen molar-refractivity contribution in [3.8, 4) is 0 Å². The van der Waals surface area contributed by atoms with Crippen LogP contribution < -0.4 is 5.32 Å². The molecule has 0 atom stereocenters. The number of esters is 1. The zero-order chi connectivity index (χ0) is 18.0. The molecule has 128 valence electrons. The summed E-state index contributed by atoms with van der Waals surface area (Å²) in [4.78, 5) is 23.9. The third-order valence-electron chi connectivity index (χ3n) is 3.08. The van der Waals surface area contributed by atoms with Crippen LogP contribution in [0.5, 0.6) is 0 Å². The quantitative estimate of drug-likeness (QED) is 0.796.